The summed E-state index contributed by atoms with van der Waals surface area (Å²) < 4.78 is 10.4. The monoisotopic (exact) mass is 355 g/mol. The van der Waals surface area contributed by atoms with E-state index in [9.17, 15) is 9.59 Å². The molecular weight excluding hydrogens is 330 g/mol. The number of nitrogens with one attached hydrogen (secondary N) is 1. The maximum atomic E-state index is 12.3. The van der Waals surface area contributed by atoms with Crippen molar-refractivity contribution < 1.29 is 19.1 Å². The highest BCUT2D eigenvalue weighted by Crippen LogP contribution is 2.26. The lowest BCUT2D eigenvalue weighted by atomic mass is 9.97. The fourth-order valence-corrected chi connectivity index (χ4v) is 2.53. The molecule has 0 saturated heterocycles. The summed E-state index contributed by atoms with van der Waals surface area (Å²) in [7, 11) is 0. The second-order valence-electron chi connectivity index (χ2n) is 6.93. The van der Waals surface area contributed by atoms with Crippen LogP contribution in [-0.4, -0.2) is 24.3 Å². The van der Waals surface area contributed by atoms with E-state index in [-0.39, 0.29) is 12.2 Å². The van der Waals surface area contributed by atoms with Crippen LogP contribution in [0.1, 0.15) is 39.3 Å². The molecule has 1 atom stereocenters. The number of alkyl carbamates (subject to hydrolysis) is 1. The van der Waals surface area contributed by atoms with Crippen molar-refractivity contribution in [2.45, 2.75) is 39.3 Å². The second kappa shape index (κ2) is 8.04. The third-order valence-corrected chi connectivity index (χ3v) is 3.65. The van der Waals surface area contributed by atoms with Crippen LogP contribution in [0.5, 0.6) is 0 Å². The molecule has 0 heterocycles. The molecule has 138 valence electrons. The highest BCUT2D eigenvalue weighted by Gasteiger charge is 2.26. The molecule has 0 aromatic heterocycles. The van der Waals surface area contributed by atoms with E-state index in [1.807, 2.05) is 42.5 Å². The van der Waals surface area contributed by atoms with Gasteiger partial charge in [-0.1, -0.05) is 43.0 Å². The van der Waals surface area contributed by atoms with E-state index in [2.05, 4.69) is 11.9 Å². The minimum Gasteiger partial charge on any atom is -0.463 e. The molecule has 0 fully saturated rings. The molecule has 5 nitrogen and oxygen atoms in total. The molecule has 0 aliphatic carbocycles. The first kappa shape index (κ1) is 19.5. The largest absolute Gasteiger partial charge is 0.463 e. The van der Waals surface area contributed by atoms with Crippen LogP contribution in [-0.2, 0) is 14.3 Å². The van der Waals surface area contributed by atoms with E-state index < -0.39 is 23.7 Å². The van der Waals surface area contributed by atoms with Gasteiger partial charge in [-0.15, -0.1) is 0 Å². The molecule has 2 rings (SSSR count). The third-order valence-electron chi connectivity index (χ3n) is 3.65. The van der Waals surface area contributed by atoms with Gasteiger partial charge in [0.2, 0.25) is 0 Å². The third kappa shape index (κ3) is 5.09. The number of benzene rings is 2. The minimum atomic E-state index is -0.742. The van der Waals surface area contributed by atoms with Crippen molar-refractivity contribution in [1.82, 2.24) is 5.32 Å². The van der Waals surface area contributed by atoms with Crippen molar-refractivity contribution >= 4 is 22.8 Å². The van der Waals surface area contributed by atoms with E-state index in [0.717, 1.165) is 16.3 Å². The van der Waals surface area contributed by atoms with Gasteiger partial charge in [0, 0.05) is 0 Å². The molecular formula is C21H25NO4. The summed E-state index contributed by atoms with van der Waals surface area (Å²) in [6.07, 6.45) is -0.624. The van der Waals surface area contributed by atoms with Gasteiger partial charge in [0.05, 0.1) is 18.2 Å². The average molecular weight is 355 g/mol. The summed E-state index contributed by atoms with van der Waals surface area (Å²) >= 11 is 0. The topological polar surface area (TPSA) is 64.6 Å². The number of amides is 1. The summed E-state index contributed by atoms with van der Waals surface area (Å²) in [5.74, 6) is -0.554. The Balaban J connectivity index is 2.36. The predicted octanol–water partition coefficient (Wildman–Crippen LogP) is 4.52. The normalized spacial score (nSPS) is 12.3. The molecule has 26 heavy (non-hydrogen) atoms. The van der Waals surface area contributed by atoms with E-state index in [0.29, 0.717) is 0 Å². The van der Waals surface area contributed by atoms with Crippen molar-refractivity contribution in [3.05, 3.63) is 60.2 Å². The highest BCUT2D eigenvalue weighted by molar-refractivity contribution is 5.91. The lowest BCUT2D eigenvalue weighted by Gasteiger charge is -2.24. The minimum absolute atomic E-state index is 0.146. The Morgan fingerprint density at radius 3 is 2.38 bits per heavy atom. The number of hydrogen-bond donors (Lipinski definition) is 1. The van der Waals surface area contributed by atoms with Gasteiger partial charge in [-0.25, -0.2) is 9.59 Å². The number of hydrogen-bond acceptors (Lipinski definition) is 4. The van der Waals surface area contributed by atoms with Gasteiger partial charge in [-0.2, -0.15) is 0 Å². The van der Waals surface area contributed by atoms with Crippen LogP contribution in [0.2, 0.25) is 0 Å². The van der Waals surface area contributed by atoms with E-state index in [1.54, 1.807) is 27.7 Å². The predicted molar refractivity (Wildman–Crippen MR) is 102 cm³/mol. The molecule has 5 heteroatoms. The average Bonchev–Trinajstić information content (AvgIpc) is 2.57. The Hall–Kier alpha value is -2.82. The fourth-order valence-electron chi connectivity index (χ4n) is 2.53. The van der Waals surface area contributed by atoms with Gasteiger partial charge in [-0.3, -0.25) is 0 Å². The van der Waals surface area contributed by atoms with Crippen molar-refractivity contribution in [3.8, 4) is 0 Å². The van der Waals surface area contributed by atoms with Crippen molar-refractivity contribution in [1.29, 1.82) is 0 Å². The van der Waals surface area contributed by atoms with Gasteiger partial charge >= 0.3 is 12.1 Å². The van der Waals surface area contributed by atoms with Crippen LogP contribution in [0, 0.1) is 0 Å². The van der Waals surface area contributed by atoms with Gasteiger partial charge in [0.25, 0.3) is 0 Å². The smallest absolute Gasteiger partial charge is 0.408 e. The summed E-state index contributed by atoms with van der Waals surface area (Å²) in [6.45, 7) is 11.1. The first-order chi connectivity index (χ1) is 12.2. The van der Waals surface area contributed by atoms with Gasteiger partial charge in [0.15, 0.2) is 0 Å². The molecule has 2 aromatic carbocycles. The maximum Gasteiger partial charge on any atom is 0.408 e. The zero-order valence-electron chi connectivity index (χ0n) is 15.7. The van der Waals surface area contributed by atoms with Gasteiger partial charge in [-0.05, 0) is 50.1 Å². The van der Waals surface area contributed by atoms with Crippen molar-refractivity contribution in [2.24, 2.45) is 0 Å². The SMILES string of the molecule is C=C(C(=O)OCC)[C@@H](NC(=O)OC(C)(C)C)c1ccc2ccccc2c1. The second-order valence-corrected chi connectivity index (χ2v) is 6.93. The molecule has 0 radical (unpaired) electrons. The zero-order valence-corrected chi connectivity index (χ0v) is 15.7. The maximum absolute atomic E-state index is 12.3. The Labute approximate surface area is 154 Å². The fraction of sp³-hybridized carbons (Fsp3) is 0.333. The Morgan fingerprint density at radius 2 is 1.77 bits per heavy atom. The number of fused-ring (bicyclic) bond motifs is 1. The zero-order chi connectivity index (χ0) is 19.3. The van der Waals surface area contributed by atoms with Gasteiger partial charge < -0.3 is 14.8 Å². The van der Waals surface area contributed by atoms with Crippen LogP contribution in [0.4, 0.5) is 4.79 Å². The molecule has 0 bridgehead atoms. The number of esters is 1. The lowest BCUT2D eigenvalue weighted by Crippen LogP contribution is -2.36. The molecule has 0 aliphatic heterocycles. The van der Waals surface area contributed by atoms with Crippen molar-refractivity contribution in [3.63, 3.8) is 0 Å². The van der Waals surface area contributed by atoms with E-state index in [4.69, 9.17) is 9.47 Å². The lowest BCUT2D eigenvalue weighted by molar-refractivity contribution is -0.138. The summed E-state index contributed by atoms with van der Waals surface area (Å²) in [6, 6.07) is 12.8. The van der Waals surface area contributed by atoms with Crippen LogP contribution in [0.3, 0.4) is 0 Å². The standard InChI is InChI=1S/C21H25NO4/c1-6-25-19(23)14(2)18(22-20(24)26-21(3,4)5)17-12-11-15-9-7-8-10-16(15)13-17/h7-13,18H,2,6H2,1,3-5H3,(H,22,24)/t18-/m1/s1. The Kier molecular flexibility index (Phi) is 6.03. The molecule has 1 amide bonds. The van der Waals surface area contributed by atoms with Crippen molar-refractivity contribution in [2.75, 3.05) is 6.61 Å². The summed E-state index contributed by atoms with van der Waals surface area (Å²) in [4.78, 5) is 24.4. The molecule has 2 aromatic rings. The number of ether oxygens (including phenoxy) is 2. The first-order valence-corrected chi connectivity index (χ1v) is 8.55. The molecule has 0 spiro atoms. The van der Waals surface area contributed by atoms with Crippen LogP contribution in [0.25, 0.3) is 10.8 Å². The molecule has 0 unspecified atom stereocenters. The van der Waals surface area contributed by atoms with E-state index in [1.165, 1.54) is 0 Å². The number of rotatable bonds is 5. The summed E-state index contributed by atoms with van der Waals surface area (Å²) in [5, 5.41) is 4.79. The number of carbonyl (C=O) groups is 2. The highest BCUT2D eigenvalue weighted by atomic mass is 16.6. The Morgan fingerprint density at radius 1 is 1.12 bits per heavy atom. The van der Waals surface area contributed by atoms with Crippen LogP contribution >= 0.6 is 0 Å². The van der Waals surface area contributed by atoms with E-state index >= 15 is 0 Å². The number of carbonyl (C=O) groups excluding carboxylic acids is 2. The molecule has 0 saturated carbocycles. The van der Waals surface area contributed by atoms with Crippen LogP contribution in [0.15, 0.2) is 54.6 Å². The Bertz CT molecular complexity index is 820. The molecule has 1 N–H and O–H groups in total. The quantitative estimate of drug-likeness (QED) is 0.632. The molecule has 0 aliphatic rings. The van der Waals surface area contributed by atoms with Crippen LogP contribution < -0.4 is 5.32 Å². The first-order valence-electron chi connectivity index (χ1n) is 8.55. The summed E-state index contributed by atoms with van der Waals surface area (Å²) in [5.41, 5.74) is 0.226. The van der Waals surface area contributed by atoms with Gasteiger partial charge in [0.1, 0.15) is 5.60 Å².